The summed E-state index contributed by atoms with van der Waals surface area (Å²) in [6, 6.07) is 0. The number of nitrogens with two attached hydrogens (primary N) is 1. The van der Waals surface area contributed by atoms with Gasteiger partial charge in [0.1, 0.15) is 4.90 Å². The Morgan fingerprint density at radius 2 is 2.09 bits per heavy atom. The molecule has 0 radical (unpaired) electrons. The van der Waals surface area contributed by atoms with Crippen LogP contribution in [0.2, 0.25) is 0 Å². The van der Waals surface area contributed by atoms with Gasteiger partial charge >= 0.3 is 11.8 Å². The molecule has 0 aliphatic carbocycles. The summed E-state index contributed by atoms with van der Waals surface area (Å²) >= 11 is 1.29. The minimum absolute atomic E-state index is 0.0217. The molecule has 0 amide bonds. The van der Waals surface area contributed by atoms with Gasteiger partial charge in [0.2, 0.25) is 11.8 Å². The first-order valence-electron chi connectivity index (χ1n) is 10.1. The van der Waals surface area contributed by atoms with Crippen molar-refractivity contribution in [1.82, 2.24) is 9.97 Å². The molecule has 4 atom stereocenters. The molecule has 12 heteroatoms. The first-order chi connectivity index (χ1) is 15.2. The third kappa shape index (κ3) is 3.95. The largest absolute Gasteiger partial charge is 0.519 e. The molecular formula is C20H24N4O7S. The van der Waals surface area contributed by atoms with E-state index in [0.29, 0.717) is 21.5 Å². The predicted octanol–water partition coefficient (Wildman–Crippen LogP) is 2.58. The molecule has 1 fully saturated rings. The molecule has 4 heterocycles. The molecule has 0 bridgehead atoms. The number of carbonyl (C=O) groups is 1. The quantitative estimate of drug-likeness (QED) is 0.627. The lowest BCUT2D eigenvalue weighted by atomic mass is 9.98. The van der Waals surface area contributed by atoms with Crippen LogP contribution in [0.1, 0.15) is 38.7 Å². The summed E-state index contributed by atoms with van der Waals surface area (Å²) in [4.78, 5) is 33.9. The van der Waals surface area contributed by atoms with Crippen molar-refractivity contribution in [3.8, 4) is 5.88 Å². The molecule has 0 saturated carbocycles. The Morgan fingerprint density at radius 1 is 1.34 bits per heavy atom. The average Bonchev–Trinajstić information content (AvgIpc) is 3.32. The van der Waals surface area contributed by atoms with E-state index in [-0.39, 0.29) is 36.2 Å². The first-order valence-corrected chi connectivity index (χ1v) is 10.9. The number of anilines is 2. The standard InChI is InChI=1S/C20H24N4O7S/c1-6-12-8(2)14(29-11(5)25)18(30-12)24-10(4)32-15-16(24)22-19(21)23-17(15)27-7-13-9(3)28-20(26)31-13/h8,12,14,18H,4,6-7H2,1-3,5H3,(H2,21,22,23)/t8-,12-,14-,18-/m1/s1. The van der Waals surface area contributed by atoms with Crippen molar-refractivity contribution in [2.45, 2.75) is 64.1 Å². The Kier molecular flexibility index (Phi) is 5.91. The number of thioether (sulfide) groups is 1. The molecule has 0 unspecified atom stereocenters. The van der Waals surface area contributed by atoms with E-state index in [9.17, 15) is 9.59 Å². The van der Waals surface area contributed by atoms with Crippen molar-refractivity contribution in [1.29, 1.82) is 0 Å². The maximum atomic E-state index is 11.8. The van der Waals surface area contributed by atoms with Gasteiger partial charge in [0.25, 0.3) is 0 Å². The van der Waals surface area contributed by atoms with Gasteiger partial charge in [0.05, 0.1) is 11.1 Å². The minimum atomic E-state index is -0.808. The van der Waals surface area contributed by atoms with Crippen LogP contribution in [0.4, 0.5) is 11.8 Å². The van der Waals surface area contributed by atoms with Crippen LogP contribution in [0.3, 0.4) is 0 Å². The first kappa shape index (κ1) is 22.2. The van der Waals surface area contributed by atoms with Gasteiger partial charge in [-0.3, -0.25) is 9.69 Å². The highest BCUT2D eigenvalue weighted by Crippen LogP contribution is 2.51. The lowest BCUT2D eigenvalue weighted by Gasteiger charge is -2.30. The zero-order valence-electron chi connectivity index (χ0n) is 18.1. The van der Waals surface area contributed by atoms with Gasteiger partial charge in [-0.25, -0.2) is 4.79 Å². The van der Waals surface area contributed by atoms with Crippen molar-refractivity contribution in [3.63, 3.8) is 0 Å². The van der Waals surface area contributed by atoms with Crippen molar-refractivity contribution in [2.24, 2.45) is 5.92 Å². The number of rotatable bonds is 6. The maximum absolute atomic E-state index is 11.8. The van der Waals surface area contributed by atoms with Crippen LogP contribution in [0.5, 0.6) is 5.88 Å². The van der Waals surface area contributed by atoms with E-state index < -0.39 is 24.1 Å². The normalized spacial score (nSPS) is 24.6. The second-order valence-electron chi connectivity index (χ2n) is 7.53. The molecule has 2 aliphatic rings. The number of carbonyl (C=O) groups excluding carboxylic acids is 1. The van der Waals surface area contributed by atoms with Crippen LogP contribution in [0.15, 0.2) is 30.1 Å². The van der Waals surface area contributed by atoms with Gasteiger partial charge in [-0.1, -0.05) is 32.2 Å². The van der Waals surface area contributed by atoms with E-state index in [4.69, 9.17) is 28.8 Å². The summed E-state index contributed by atoms with van der Waals surface area (Å²) in [5.74, 6) is -0.0523. The van der Waals surface area contributed by atoms with Crippen LogP contribution >= 0.6 is 11.8 Å². The number of nitrogens with zero attached hydrogens (tertiary/aromatic N) is 3. The lowest BCUT2D eigenvalue weighted by Crippen LogP contribution is -2.43. The number of fused-ring (bicyclic) bond motifs is 1. The predicted molar refractivity (Wildman–Crippen MR) is 114 cm³/mol. The van der Waals surface area contributed by atoms with Crippen LogP contribution in [-0.2, 0) is 20.9 Å². The highest BCUT2D eigenvalue weighted by atomic mass is 32.2. The molecule has 1 saturated heterocycles. The summed E-state index contributed by atoms with van der Waals surface area (Å²) in [5, 5.41) is 0.599. The van der Waals surface area contributed by atoms with Crippen molar-refractivity contribution < 1.29 is 27.8 Å². The third-order valence-electron chi connectivity index (χ3n) is 5.39. The second-order valence-corrected chi connectivity index (χ2v) is 8.62. The van der Waals surface area contributed by atoms with Crippen molar-refractivity contribution >= 4 is 29.5 Å². The van der Waals surface area contributed by atoms with E-state index in [2.05, 4.69) is 16.5 Å². The van der Waals surface area contributed by atoms with Crippen LogP contribution in [0.25, 0.3) is 0 Å². The molecule has 172 valence electrons. The molecule has 0 spiro atoms. The summed E-state index contributed by atoms with van der Waals surface area (Å²) in [6.45, 7) is 11.0. The fourth-order valence-corrected chi connectivity index (χ4v) is 4.81. The van der Waals surface area contributed by atoms with Gasteiger partial charge in [-0.15, -0.1) is 0 Å². The third-order valence-corrected chi connectivity index (χ3v) is 6.38. The molecule has 32 heavy (non-hydrogen) atoms. The smallest absolute Gasteiger partial charge is 0.468 e. The monoisotopic (exact) mass is 464 g/mol. The van der Waals surface area contributed by atoms with Crippen LogP contribution in [-0.4, -0.2) is 34.4 Å². The fraction of sp³-hybridized carbons (Fsp3) is 0.500. The molecule has 4 rings (SSSR count). The Hall–Kier alpha value is -2.99. The molecule has 2 aromatic rings. The Balaban J connectivity index is 1.66. The van der Waals surface area contributed by atoms with Gasteiger partial charge in [0.15, 0.2) is 36.3 Å². The number of nitrogen functional groups attached to an aromatic ring is 1. The average molecular weight is 465 g/mol. The Bertz CT molecular complexity index is 1110. The molecule has 11 nitrogen and oxygen atoms in total. The fourth-order valence-electron chi connectivity index (χ4n) is 3.86. The number of esters is 1. The summed E-state index contributed by atoms with van der Waals surface area (Å²) in [5.41, 5.74) is 5.95. The molecular weight excluding hydrogens is 440 g/mol. The second kappa shape index (κ2) is 8.51. The maximum Gasteiger partial charge on any atom is 0.519 e. The van der Waals surface area contributed by atoms with E-state index in [1.807, 2.05) is 13.8 Å². The van der Waals surface area contributed by atoms with Crippen LogP contribution in [0, 0.1) is 12.8 Å². The molecule has 2 aliphatic heterocycles. The summed E-state index contributed by atoms with van der Waals surface area (Å²) in [6.07, 6.45) is -0.501. The number of aryl methyl sites for hydroxylation is 1. The number of aromatic nitrogens is 2. The SMILES string of the molecule is C=C1Sc2c(OCc3oc(=O)oc3C)nc(N)nc2N1[C@@H]1O[C@H](CC)[C@@H](C)[C@H]1OC(C)=O. The van der Waals surface area contributed by atoms with E-state index >= 15 is 0 Å². The Labute approximate surface area is 187 Å². The van der Waals surface area contributed by atoms with Crippen molar-refractivity contribution in [3.05, 3.63) is 33.7 Å². The number of ether oxygens (including phenoxy) is 3. The van der Waals surface area contributed by atoms with Crippen molar-refractivity contribution in [2.75, 3.05) is 10.6 Å². The van der Waals surface area contributed by atoms with Crippen LogP contribution < -0.4 is 21.2 Å². The van der Waals surface area contributed by atoms with E-state index in [1.54, 1.807) is 11.8 Å². The summed E-state index contributed by atoms with van der Waals surface area (Å²) in [7, 11) is 0. The van der Waals surface area contributed by atoms with Gasteiger partial charge < -0.3 is 28.8 Å². The van der Waals surface area contributed by atoms with Gasteiger partial charge in [-0.05, 0) is 13.3 Å². The summed E-state index contributed by atoms with van der Waals surface area (Å²) < 4.78 is 27.5. The molecule has 0 aromatic carbocycles. The zero-order chi connectivity index (χ0) is 23.2. The topological polar surface area (TPSA) is 143 Å². The molecule has 2 N–H and O–H groups in total. The van der Waals surface area contributed by atoms with E-state index in [0.717, 1.165) is 6.42 Å². The highest BCUT2D eigenvalue weighted by Gasteiger charge is 2.50. The lowest BCUT2D eigenvalue weighted by molar-refractivity contribution is -0.150. The number of hydrogen-bond donors (Lipinski definition) is 1. The minimum Gasteiger partial charge on any atom is -0.468 e. The zero-order valence-corrected chi connectivity index (χ0v) is 18.9. The van der Waals surface area contributed by atoms with E-state index in [1.165, 1.54) is 18.7 Å². The number of hydrogen-bond acceptors (Lipinski definition) is 12. The van der Waals surface area contributed by atoms with Gasteiger partial charge in [0, 0.05) is 12.8 Å². The molecule has 2 aromatic heterocycles. The Morgan fingerprint density at radius 3 is 2.72 bits per heavy atom. The van der Waals surface area contributed by atoms with Gasteiger partial charge in [-0.2, -0.15) is 9.97 Å². The highest BCUT2D eigenvalue weighted by molar-refractivity contribution is 8.03.